The molecule has 0 radical (unpaired) electrons. The van der Waals surface area contributed by atoms with Gasteiger partial charge in [-0.3, -0.25) is 0 Å². The van der Waals surface area contributed by atoms with Crippen LogP contribution < -0.4 is 4.72 Å². The van der Waals surface area contributed by atoms with Gasteiger partial charge in [-0.15, -0.1) is 0 Å². The number of oxazole rings is 1. The van der Waals surface area contributed by atoms with Gasteiger partial charge < -0.3 is 9.52 Å². The summed E-state index contributed by atoms with van der Waals surface area (Å²) in [6.45, 7) is 3.11. The zero-order valence-corrected chi connectivity index (χ0v) is 13.1. The van der Waals surface area contributed by atoms with E-state index >= 15 is 0 Å². The lowest BCUT2D eigenvalue weighted by Gasteiger charge is -2.12. The van der Waals surface area contributed by atoms with E-state index in [4.69, 9.17) is 21.1 Å². The minimum Gasteiger partial charge on any atom is -0.444 e. The van der Waals surface area contributed by atoms with Crippen molar-refractivity contribution in [3.63, 3.8) is 0 Å². The molecule has 1 aromatic carbocycles. The fourth-order valence-electron chi connectivity index (χ4n) is 1.75. The molecule has 8 heteroatoms. The van der Waals surface area contributed by atoms with Gasteiger partial charge in [0.1, 0.15) is 5.76 Å². The van der Waals surface area contributed by atoms with Crippen molar-refractivity contribution in [3.05, 3.63) is 46.6 Å². The van der Waals surface area contributed by atoms with Crippen LogP contribution in [0.4, 0.5) is 0 Å². The molecule has 1 atom stereocenters. The second-order valence-electron chi connectivity index (χ2n) is 4.56. The van der Waals surface area contributed by atoms with E-state index in [1.807, 2.05) is 0 Å². The Hall–Kier alpha value is -1.41. The summed E-state index contributed by atoms with van der Waals surface area (Å²) < 4.78 is 32.3. The maximum absolute atomic E-state index is 12.3. The van der Waals surface area contributed by atoms with E-state index in [2.05, 4.69) is 9.71 Å². The van der Waals surface area contributed by atoms with Crippen LogP contribution in [0.3, 0.4) is 0 Å². The molecule has 0 aliphatic heterocycles. The number of aliphatic hydroxyl groups excluding tert-OH is 1. The van der Waals surface area contributed by atoms with Crippen LogP contribution in [0.15, 0.2) is 33.7 Å². The zero-order valence-electron chi connectivity index (χ0n) is 11.5. The molecule has 21 heavy (non-hydrogen) atoms. The lowest BCUT2D eigenvalue weighted by atomic mass is 10.2. The normalized spacial score (nSPS) is 13.3. The van der Waals surface area contributed by atoms with E-state index in [0.29, 0.717) is 11.3 Å². The second-order valence-corrected chi connectivity index (χ2v) is 6.68. The van der Waals surface area contributed by atoms with E-state index < -0.39 is 16.1 Å². The van der Waals surface area contributed by atoms with Crippen molar-refractivity contribution < 1.29 is 17.9 Å². The second kappa shape index (κ2) is 6.15. The maximum Gasteiger partial charge on any atom is 0.241 e. The summed E-state index contributed by atoms with van der Waals surface area (Å²) in [5.41, 5.74) is 0.465. The number of nitrogens with zero attached hydrogens (tertiary/aromatic N) is 1. The van der Waals surface area contributed by atoms with Gasteiger partial charge in [-0.2, -0.15) is 4.72 Å². The number of nitrogens with one attached hydrogen (secondary N) is 1. The van der Waals surface area contributed by atoms with Gasteiger partial charge in [-0.1, -0.05) is 17.7 Å². The summed E-state index contributed by atoms with van der Waals surface area (Å²) in [5.74, 6) is 0.889. The molecule has 2 aromatic rings. The molecule has 0 fully saturated rings. The first-order valence-corrected chi connectivity index (χ1v) is 8.03. The highest BCUT2D eigenvalue weighted by molar-refractivity contribution is 7.89. The number of benzene rings is 1. The molecule has 0 aliphatic rings. The van der Waals surface area contributed by atoms with Gasteiger partial charge in [0.2, 0.25) is 15.9 Å². The van der Waals surface area contributed by atoms with Gasteiger partial charge in [0.15, 0.2) is 0 Å². The Morgan fingerprint density at radius 2 is 2.19 bits per heavy atom. The lowest BCUT2D eigenvalue weighted by molar-refractivity contribution is 0.282. The molecule has 0 saturated heterocycles. The molecule has 0 bridgehead atoms. The minimum absolute atomic E-state index is 0.0137. The Kier molecular flexibility index (Phi) is 4.67. The summed E-state index contributed by atoms with van der Waals surface area (Å²) in [7, 11) is -3.76. The van der Waals surface area contributed by atoms with Crippen molar-refractivity contribution in [3.8, 4) is 0 Å². The third-order valence-electron chi connectivity index (χ3n) is 2.85. The Labute approximate surface area is 127 Å². The number of aryl methyl sites for hydroxylation is 1. The Balaban J connectivity index is 2.24. The predicted molar refractivity (Wildman–Crippen MR) is 77.4 cm³/mol. The van der Waals surface area contributed by atoms with Gasteiger partial charge in [-0.05, 0) is 31.5 Å². The summed E-state index contributed by atoms with van der Waals surface area (Å²) >= 11 is 5.91. The van der Waals surface area contributed by atoms with Crippen LogP contribution in [-0.2, 0) is 16.6 Å². The van der Waals surface area contributed by atoms with E-state index in [0.717, 1.165) is 0 Å². The number of hydrogen-bond acceptors (Lipinski definition) is 5. The van der Waals surface area contributed by atoms with Crippen molar-refractivity contribution in [1.82, 2.24) is 9.71 Å². The number of rotatable bonds is 5. The molecule has 1 heterocycles. The van der Waals surface area contributed by atoms with E-state index in [1.54, 1.807) is 13.8 Å². The van der Waals surface area contributed by atoms with Gasteiger partial charge in [0.25, 0.3) is 0 Å². The van der Waals surface area contributed by atoms with Crippen molar-refractivity contribution in [2.45, 2.75) is 31.4 Å². The zero-order chi connectivity index (χ0) is 15.6. The first-order valence-electron chi connectivity index (χ1n) is 6.17. The van der Waals surface area contributed by atoms with Crippen molar-refractivity contribution in [2.75, 3.05) is 0 Å². The van der Waals surface area contributed by atoms with Crippen LogP contribution in [0.1, 0.15) is 30.2 Å². The average molecular weight is 331 g/mol. The standard InChI is InChI=1S/C13H15ClN2O4S/c1-8-6-15-13(20-8)9(2)16-21(18,19)11-4-3-10(7-17)12(14)5-11/h3-6,9,16-17H,7H2,1-2H3. The van der Waals surface area contributed by atoms with Crippen LogP contribution >= 0.6 is 11.6 Å². The summed E-state index contributed by atoms with van der Waals surface area (Å²) in [6.07, 6.45) is 1.52. The summed E-state index contributed by atoms with van der Waals surface area (Å²) in [6, 6.07) is 3.53. The first-order chi connectivity index (χ1) is 9.83. The fraction of sp³-hybridized carbons (Fsp3) is 0.308. The Morgan fingerprint density at radius 1 is 1.48 bits per heavy atom. The van der Waals surface area contributed by atoms with Crippen molar-refractivity contribution >= 4 is 21.6 Å². The van der Waals surface area contributed by atoms with E-state index in [1.165, 1.54) is 24.4 Å². The molecule has 0 amide bonds. The quantitative estimate of drug-likeness (QED) is 0.876. The number of sulfonamides is 1. The molecule has 114 valence electrons. The molecular weight excluding hydrogens is 316 g/mol. The minimum atomic E-state index is -3.76. The highest BCUT2D eigenvalue weighted by atomic mass is 35.5. The van der Waals surface area contributed by atoms with Gasteiger partial charge in [0, 0.05) is 5.02 Å². The van der Waals surface area contributed by atoms with Crippen LogP contribution in [0.5, 0.6) is 0 Å². The van der Waals surface area contributed by atoms with Crippen molar-refractivity contribution in [2.24, 2.45) is 0 Å². The highest BCUT2D eigenvalue weighted by Gasteiger charge is 2.22. The largest absolute Gasteiger partial charge is 0.444 e. The summed E-state index contributed by atoms with van der Waals surface area (Å²) in [5, 5.41) is 9.23. The first kappa shape index (κ1) is 16.0. The molecule has 2 N–H and O–H groups in total. The molecule has 0 aliphatic carbocycles. The Morgan fingerprint density at radius 3 is 2.71 bits per heavy atom. The van der Waals surface area contributed by atoms with E-state index in [9.17, 15) is 8.42 Å². The van der Waals surface area contributed by atoms with E-state index in [-0.39, 0.29) is 22.4 Å². The molecule has 0 saturated carbocycles. The monoisotopic (exact) mass is 330 g/mol. The lowest BCUT2D eigenvalue weighted by Crippen LogP contribution is -2.27. The molecule has 1 unspecified atom stereocenters. The smallest absolute Gasteiger partial charge is 0.241 e. The molecule has 0 spiro atoms. The fourth-order valence-corrected chi connectivity index (χ4v) is 3.27. The third-order valence-corrected chi connectivity index (χ3v) is 4.74. The van der Waals surface area contributed by atoms with Gasteiger partial charge >= 0.3 is 0 Å². The number of hydrogen-bond donors (Lipinski definition) is 2. The number of aliphatic hydroxyl groups is 1. The van der Waals surface area contributed by atoms with Gasteiger partial charge in [-0.25, -0.2) is 13.4 Å². The SMILES string of the molecule is Cc1cnc(C(C)NS(=O)(=O)c2ccc(CO)c(Cl)c2)o1. The van der Waals surface area contributed by atoms with Crippen molar-refractivity contribution in [1.29, 1.82) is 0 Å². The highest BCUT2D eigenvalue weighted by Crippen LogP contribution is 2.22. The molecular formula is C13H15ClN2O4S. The average Bonchev–Trinajstić information content (AvgIpc) is 2.85. The van der Waals surface area contributed by atoms with Crippen LogP contribution in [0.2, 0.25) is 5.02 Å². The topological polar surface area (TPSA) is 92.4 Å². The predicted octanol–water partition coefficient (Wildman–Crippen LogP) is 2.17. The molecule has 2 rings (SSSR count). The summed E-state index contributed by atoms with van der Waals surface area (Å²) in [4.78, 5) is 4.00. The van der Waals surface area contributed by atoms with Gasteiger partial charge in [0.05, 0.1) is 23.7 Å². The number of aromatic nitrogens is 1. The Bertz CT molecular complexity index is 742. The van der Waals surface area contributed by atoms with Crippen LogP contribution in [-0.4, -0.2) is 18.5 Å². The van der Waals surface area contributed by atoms with Crippen LogP contribution in [0, 0.1) is 6.92 Å². The molecule has 1 aromatic heterocycles. The number of halogens is 1. The maximum atomic E-state index is 12.3. The van der Waals surface area contributed by atoms with Crippen LogP contribution in [0.25, 0.3) is 0 Å². The molecule has 6 nitrogen and oxygen atoms in total. The third kappa shape index (κ3) is 3.62.